The van der Waals surface area contributed by atoms with Gasteiger partial charge in [0.2, 0.25) is 5.96 Å². The first-order chi connectivity index (χ1) is 8.17. The van der Waals surface area contributed by atoms with Crippen LogP contribution in [0, 0.1) is 6.92 Å². The Hall–Kier alpha value is -1.26. The van der Waals surface area contributed by atoms with E-state index < -0.39 is 0 Å². The van der Waals surface area contributed by atoms with Crippen molar-refractivity contribution >= 4 is 23.2 Å². The molecule has 0 saturated carbocycles. The smallest absolute Gasteiger partial charge is 0.210 e. The molecule has 0 radical (unpaired) electrons. The standard InChI is InChI=1S/C12H19ClN4/c1-3-4-7-15-12(17-14)16-10-6-5-9(2)11(13)8-10/h5-6,8H,3-4,7,14H2,1-2H3,(H2,15,16,17). The van der Waals surface area contributed by atoms with Crippen LogP contribution in [0.5, 0.6) is 0 Å². The number of guanidine groups is 1. The van der Waals surface area contributed by atoms with Gasteiger partial charge in [0.05, 0.1) is 0 Å². The molecular weight excluding hydrogens is 236 g/mol. The predicted octanol–water partition coefficient (Wildman–Crippen LogP) is 2.68. The SMILES string of the molecule is CCCCN=C(NN)Nc1ccc(C)c(Cl)c1. The lowest BCUT2D eigenvalue weighted by atomic mass is 10.2. The maximum Gasteiger partial charge on any atom is 0.210 e. The lowest BCUT2D eigenvalue weighted by Gasteiger charge is -2.10. The molecule has 0 aliphatic carbocycles. The first kappa shape index (κ1) is 13.8. The first-order valence-corrected chi connectivity index (χ1v) is 6.09. The fourth-order valence-corrected chi connectivity index (χ4v) is 1.46. The maximum absolute atomic E-state index is 6.04. The minimum absolute atomic E-state index is 0.554. The molecule has 0 aliphatic heterocycles. The molecule has 94 valence electrons. The minimum Gasteiger partial charge on any atom is -0.325 e. The monoisotopic (exact) mass is 254 g/mol. The maximum atomic E-state index is 6.04. The van der Waals surface area contributed by atoms with Crippen LogP contribution in [0.25, 0.3) is 0 Å². The van der Waals surface area contributed by atoms with E-state index in [0.717, 1.165) is 35.7 Å². The normalized spacial score (nSPS) is 11.4. The van der Waals surface area contributed by atoms with Crippen LogP contribution in [0.2, 0.25) is 5.02 Å². The predicted molar refractivity (Wildman–Crippen MR) is 74.3 cm³/mol. The summed E-state index contributed by atoms with van der Waals surface area (Å²) in [6.45, 7) is 4.84. The molecule has 0 amide bonds. The van der Waals surface area contributed by atoms with Gasteiger partial charge in [-0.3, -0.25) is 10.4 Å². The van der Waals surface area contributed by atoms with E-state index in [2.05, 4.69) is 22.7 Å². The summed E-state index contributed by atoms with van der Waals surface area (Å²) in [6, 6.07) is 5.74. The quantitative estimate of drug-likeness (QED) is 0.255. The van der Waals surface area contributed by atoms with Crippen molar-refractivity contribution in [2.45, 2.75) is 26.7 Å². The number of rotatable bonds is 4. The third-order valence-corrected chi connectivity index (χ3v) is 2.76. The van der Waals surface area contributed by atoms with Gasteiger partial charge in [-0.15, -0.1) is 0 Å². The lowest BCUT2D eigenvalue weighted by Crippen LogP contribution is -2.36. The van der Waals surface area contributed by atoms with Crippen LogP contribution in [0.4, 0.5) is 5.69 Å². The van der Waals surface area contributed by atoms with E-state index in [1.807, 2.05) is 25.1 Å². The molecule has 1 aromatic rings. The molecule has 0 atom stereocenters. The number of benzene rings is 1. The number of hydrogen-bond acceptors (Lipinski definition) is 2. The molecule has 0 heterocycles. The number of nitrogens with two attached hydrogens (primary N) is 1. The average Bonchev–Trinajstić information content (AvgIpc) is 2.32. The van der Waals surface area contributed by atoms with Crippen LogP contribution in [0.3, 0.4) is 0 Å². The molecule has 17 heavy (non-hydrogen) atoms. The molecule has 0 unspecified atom stereocenters. The molecule has 0 aliphatic rings. The van der Waals surface area contributed by atoms with Crippen molar-refractivity contribution in [2.24, 2.45) is 10.8 Å². The number of nitrogens with zero attached hydrogens (tertiary/aromatic N) is 1. The molecule has 0 saturated heterocycles. The zero-order chi connectivity index (χ0) is 12.7. The number of hydrazine groups is 1. The second-order valence-corrected chi connectivity index (χ2v) is 4.22. The number of unbranched alkanes of at least 4 members (excludes halogenated alkanes) is 1. The highest BCUT2D eigenvalue weighted by Crippen LogP contribution is 2.19. The van der Waals surface area contributed by atoms with Crippen molar-refractivity contribution in [1.29, 1.82) is 0 Å². The Morgan fingerprint density at radius 2 is 2.24 bits per heavy atom. The summed E-state index contributed by atoms with van der Waals surface area (Å²) >= 11 is 6.04. The van der Waals surface area contributed by atoms with Crippen molar-refractivity contribution in [1.82, 2.24) is 5.43 Å². The molecule has 0 fully saturated rings. The van der Waals surface area contributed by atoms with E-state index >= 15 is 0 Å². The third-order valence-electron chi connectivity index (χ3n) is 2.35. The molecule has 4 N–H and O–H groups in total. The van der Waals surface area contributed by atoms with Crippen LogP contribution in [0.1, 0.15) is 25.3 Å². The Morgan fingerprint density at radius 3 is 2.82 bits per heavy atom. The van der Waals surface area contributed by atoms with Crippen molar-refractivity contribution in [3.05, 3.63) is 28.8 Å². The van der Waals surface area contributed by atoms with Crippen molar-refractivity contribution in [3.8, 4) is 0 Å². The fraction of sp³-hybridized carbons (Fsp3) is 0.417. The Labute approximate surface area is 107 Å². The van der Waals surface area contributed by atoms with Crippen LogP contribution < -0.4 is 16.6 Å². The van der Waals surface area contributed by atoms with Crippen molar-refractivity contribution in [2.75, 3.05) is 11.9 Å². The number of hydrogen-bond donors (Lipinski definition) is 3. The summed E-state index contributed by atoms with van der Waals surface area (Å²) < 4.78 is 0. The van der Waals surface area contributed by atoms with Gasteiger partial charge in [-0.1, -0.05) is 31.0 Å². The Kier molecular flexibility index (Phi) is 5.80. The zero-order valence-corrected chi connectivity index (χ0v) is 11.0. The minimum atomic E-state index is 0.554. The van der Waals surface area contributed by atoms with Crippen LogP contribution in [-0.4, -0.2) is 12.5 Å². The number of aliphatic imine (C=N–C) groups is 1. The molecule has 1 rings (SSSR count). The fourth-order valence-electron chi connectivity index (χ4n) is 1.28. The molecular formula is C12H19ClN4. The molecule has 0 aromatic heterocycles. The van der Waals surface area contributed by atoms with Crippen LogP contribution in [-0.2, 0) is 0 Å². The molecule has 0 spiro atoms. The third kappa shape index (κ3) is 4.63. The van der Waals surface area contributed by atoms with Gasteiger partial charge in [-0.2, -0.15) is 0 Å². The van der Waals surface area contributed by atoms with Gasteiger partial charge in [0.25, 0.3) is 0 Å². The highest BCUT2D eigenvalue weighted by Gasteiger charge is 2.00. The van der Waals surface area contributed by atoms with Crippen LogP contribution in [0.15, 0.2) is 23.2 Å². The number of anilines is 1. The van der Waals surface area contributed by atoms with Crippen LogP contribution >= 0.6 is 11.6 Å². The second kappa shape index (κ2) is 7.14. The van der Waals surface area contributed by atoms with Crippen molar-refractivity contribution in [3.63, 3.8) is 0 Å². The molecule has 0 bridgehead atoms. The molecule has 4 nitrogen and oxygen atoms in total. The number of halogens is 1. The van der Waals surface area contributed by atoms with Gasteiger partial charge in [0.15, 0.2) is 0 Å². The Balaban J connectivity index is 2.67. The van der Waals surface area contributed by atoms with E-state index in [4.69, 9.17) is 17.4 Å². The first-order valence-electron chi connectivity index (χ1n) is 5.71. The van der Waals surface area contributed by atoms with E-state index in [9.17, 15) is 0 Å². The number of nitrogens with one attached hydrogen (secondary N) is 2. The van der Waals surface area contributed by atoms with Crippen molar-refractivity contribution < 1.29 is 0 Å². The summed E-state index contributed by atoms with van der Waals surface area (Å²) in [5, 5.41) is 3.81. The van der Waals surface area contributed by atoms with Gasteiger partial charge in [-0.25, -0.2) is 5.84 Å². The van der Waals surface area contributed by atoms with E-state index in [1.54, 1.807) is 0 Å². The summed E-state index contributed by atoms with van der Waals surface area (Å²) in [4.78, 5) is 4.31. The van der Waals surface area contributed by atoms with Gasteiger partial charge >= 0.3 is 0 Å². The summed E-state index contributed by atoms with van der Waals surface area (Å²) in [5.41, 5.74) is 4.45. The molecule has 5 heteroatoms. The van der Waals surface area contributed by atoms with Gasteiger partial charge < -0.3 is 5.32 Å². The summed E-state index contributed by atoms with van der Waals surface area (Å²) in [6.07, 6.45) is 2.15. The Morgan fingerprint density at radius 1 is 1.47 bits per heavy atom. The number of aryl methyl sites for hydroxylation is 1. The average molecular weight is 255 g/mol. The summed E-state index contributed by atoms with van der Waals surface area (Å²) in [5.74, 6) is 5.95. The zero-order valence-electron chi connectivity index (χ0n) is 10.3. The largest absolute Gasteiger partial charge is 0.325 e. The summed E-state index contributed by atoms with van der Waals surface area (Å²) in [7, 11) is 0. The van der Waals surface area contributed by atoms with Gasteiger partial charge in [0, 0.05) is 17.3 Å². The highest BCUT2D eigenvalue weighted by atomic mass is 35.5. The van der Waals surface area contributed by atoms with E-state index in [0.29, 0.717) is 5.96 Å². The highest BCUT2D eigenvalue weighted by molar-refractivity contribution is 6.31. The van der Waals surface area contributed by atoms with E-state index in [1.165, 1.54) is 0 Å². The van der Waals surface area contributed by atoms with Gasteiger partial charge in [-0.05, 0) is 31.0 Å². The van der Waals surface area contributed by atoms with E-state index in [-0.39, 0.29) is 0 Å². The second-order valence-electron chi connectivity index (χ2n) is 3.82. The topological polar surface area (TPSA) is 62.4 Å². The molecule has 1 aromatic carbocycles. The van der Waals surface area contributed by atoms with Gasteiger partial charge in [0.1, 0.15) is 0 Å². The Bertz CT molecular complexity index is 390. The lowest BCUT2D eigenvalue weighted by molar-refractivity contribution is 0.801.